The molecular weight excluding hydrogens is 424 g/mol. The number of hydrogen-bond donors (Lipinski definition) is 0. The van der Waals surface area contributed by atoms with E-state index in [-0.39, 0.29) is 11.7 Å². The number of amides is 1. The Bertz CT molecular complexity index is 1140. The number of ether oxygens (including phenoxy) is 1. The molecule has 0 atom stereocenters. The van der Waals surface area contributed by atoms with Gasteiger partial charge in [-0.05, 0) is 43.3 Å². The molecule has 0 aliphatic heterocycles. The second-order valence-corrected chi connectivity index (χ2v) is 7.99. The average molecular weight is 449 g/mol. The molecule has 1 amide bonds. The van der Waals surface area contributed by atoms with Crippen LogP contribution >= 0.6 is 11.8 Å². The lowest BCUT2D eigenvalue weighted by Crippen LogP contribution is -2.27. The highest BCUT2D eigenvalue weighted by molar-refractivity contribution is 7.99. The summed E-state index contributed by atoms with van der Waals surface area (Å²) < 4.78 is 12.9. The van der Waals surface area contributed by atoms with Crippen LogP contribution in [-0.4, -0.2) is 45.0 Å². The summed E-state index contributed by atoms with van der Waals surface area (Å²) in [7, 11) is 1.76. The Morgan fingerprint density at radius 2 is 1.84 bits per heavy atom. The van der Waals surface area contributed by atoms with Crippen LogP contribution < -0.4 is 4.74 Å². The highest BCUT2D eigenvalue weighted by Crippen LogP contribution is 2.29. The van der Waals surface area contributed by atoms with E-state index >= 15 is 0 Å². The molecule has 0 saturated heterocycles. The van der Waals surface area contributed by atoms with Crippen molar-refractivity contribution in [3.05, 3.63) is 78.8 Å². The molecule has 8 heteroatoms. The van der Waals surface area contributed by atoms with Gasteiger partial charge in [0, 0.05) is 18.3 Å². The first-order chi connectivity index (χ1) is 15.7. The van der Waals surface area contributed by atoms with Crippen LogP contribution in [0.2, 0.25) is 0 Å². The quantitative estimate of drug-likeness (QED) is 0.346. The number of hydrogen-bond acceptors (Lipinski definition) is 6. The summed E-state index contributed by atoms with van der Waals surface area (Å²) in [4.78, 5) is 14.3. The molecule has 7 nitrogen and oxygen atoms in total. The van der Waals surface area contributed by atoms with Crippen molar-refractivity contribution in [2.75, 3.05) is 19.4 Å². The summed E-state index contributed by atoms with van der Waals surface area (Å²) in [5, 5.41) is 9.46. The van der Waals surface area contributed by atoms with Crippen LogP contribution in [0.1, 0.15) is 12.7 Å². The van der Waals surface area contributed by atoms with Crippen molar-refractivity contribution in [2.24, 2.45) is 0 Å². The Labute approximate surface area is 191 Å². The van der Waals surface area contributed by atoms with Crippen molar-refractivity contribution in [1.82, 2.24) is 19.7 Å². The number of nitrogens with zero attached hydrogens (tertiary/aromatic N) is 4. The lowest BCUT2D eigenvalue weighted by molar-refractivity contribution is -0.127. The van der Waals surface area contributed by atoms with Gasteiger partial charge >= 0.3 is 0 Å². The van der Waals surface area contributed by atoms with Gasteiger partial charge in [0.2, 0.25) is 5.91 Å². The molecule has 0 spiro atoms. The minimum atomic E-state index is -0.0195. The molecule has 0 saturated carbocycles. The zero-order chi connectivity index (χ0) is 22.3. The highest BCUT2D eigenvalue weighted by Gasteiger charge is 2.19. The van der Waals surface area contributed by atoms with Crippen molar-refractivity contribution < 1.29 is 13.9 Å². The third-order valence-electron chi connectivity index (χ3n) is 4.79. The fourth-order valence-electron chi connectivity index (χ4n) is 3.19. The number of carbonyl (C=O) groups excluding carboxylic acids is 1. The van der Waals surface area contributed by atoms with Crippen LogP contribution in [0.15, 0.2) is 82.6 Å². The van der Waals surface area contributed by atoms with E-state index in [9.17, 15) is 4.79 Å². The number of thioether (sulfide) groups is 1. The van der Waals surface area contributed by atoms with Gasteiger partial charge in [0.1, 0.15) is 11.5 Å². The van der Waals surface area contributed by atoms with E-state index in [1.807, 2.05) is 78.2 Å². The SMILES string of the molecule is CCOc1ccc(-n2c(SCC(=O)N(C)Cc3ccco3)nnc2-c2ccccc2)cc1. The summed E-state index contributed by atoms with van der Waals surface area (Å²) in [5.41, 5.74) is 1.85. The molecule has 0 aliphatic rings. The first kappa shape index (κ1) is 21.7. The standard InChI is InChI=1S/C24H24N4O3S/c1-3-30-20-13-11-19(12-14-20)28-23(18-8-5-4-6-9-18)25-26-24(28)32-17-22(29)27(2)16-21-10-7-15-31-21/h4-15H,3,16-17H2,1-2H3. The van der Waals surface area contributed by atoms with Crippen LogP contribution in [0.4, 0.5) is 0 Å². The van der Waals surface area contributed by atoms with Crippen molar-refractivity contribution in [3.8, 4) is 22.8 Å². The van der Waals surface area contributed by atoms with E-state index in [1.165, 1.54) is 11.8 Å². The second kappa shape index (κ2) is 10.2. The molecule has 0 radical (unpaired) electrons. The molecule has 0 aliphatic carbocycles. The predicted octanol–water partition coefficient (Wildman–Crippen LogP) is 4.68. The smallest absolute Gasteiger partial charge is 0.233 e. The van der Waals surface area contributed by atoms with E-state index in [4.69, 9.17) is 9.15 Å². The van der Waals surface area contributed by atoms with Gasteiger partial charge in [0.05, 0.1) is 25.2 Å². The van der Waals surface area contributed by atoms with Gasteiger partial charge in [-0.3, -0.25) is 9.36 Å². The Morgan fingerprint density at radius 3 is 2.53 bits per heavy atom. The summed E-state index contributed by atoms with van der Waals surface area (Å²) in [6, 6.07) is 21.3. The number of benzene rings is 2. The Balaban J connectivity index is 1.57. The first-order valence-electron chi connectivity index (χ1n) is 10.3. The highest BCUT2D eigenvalue weighted by atomic mass is 32.2. The molecule has 4 rings (SSSR count). The van der Waals surface area contributed by atoms with Gasteiger partial charge in [0.25, 0.3) is 0 Å². The summed E-state index contributed by atoms with van der Waals surface area (Å²) in [6.45, 7) is 2.99. The molecule has 2 aromatic heterocycles. The Hall–Kier alpha value is -3.52. The van der Waals surface area contributed by atoms with E-state index in [0.717, 1.165) is 22.8 Å². The Morgan fingerprint density at radius 1 is 1.06 bits per heavy atom. The van der Waals surface area contributed by atoms with Crippen molar-refractivity contribution in [3.63, 3.8) is 0 Å². The van der Waals surface area contributed by atoms with Gasteiger partial charge in [-0.1, -0.05) is 42.1 Å². The third kappa shape index (κ3) is 5.03. The molecule has 32 heavy (non-hydrogen) atoms. The number of rotatable bonds is 9. The maximum absolute atomic E-state index is 12.7. The van der Waals surface area contributed by atoms with Gasteiger partial charge in [-0.25, -0.2) is 0 Å². The van der Waals surface area contributed by atoms with Crippen LogP contribution in [0.5, 0.6) is 5.75 Å². The molecule has 4 aromatic rings. The fraction of sp³-hybridized carbons (Fsp3) is 0.208. The number of furan rings is 1. The fourth-order valence-corrected chi connectivity index (χ4v) is 4.08. The zero-order valence-corrected chi connectivity index (χ0v) is 18.8. The number of aromatic nitrogens is 3. The van der Waals surface area contributed by atoms with Gasteiger partial charge < -0.3 is 14.1 Å². The molecule has 2 heterocycles. The molecule has 0 bridgehead atoms. The second-order valence-electron chi connectivity index (χ2n) is 7.05. The molecule has 2 aromatic carbocycles. The molecule has 0 N–H and O–H groups in total. The minimum Gasteiger partial charge on any atom is -0.494 e. The maximum atomic E-state index is 12.7. The van der Waals surface area contributed by atoms with E-state index in [0.29, 0.717) is 24.1 Å². The van der Waals surface area contributed by atoms with Crippen LogP contribution in [0.3, 0.4) is 0 Å². The molecular formula is C24H24N4O3S. The molecule has 0 fully saturated rings. The lowest BCUT2D eigenvalue weighted by Gasteiger charge is -2.16. The van der Waals surface area contributed by atoms with Crippen molar-refractivity contribution >= 4 is 17.7 Å². The summed E-state index contributed by atoms with van der Waals surface area (Å²) in [5.74, 6) is 2.48. The topological polar surface area (TPSA) is 73.4 Å². The average Bonchev–Trinajstić information content (AvgIpc) is 3.49. The Kier molecular flexibility index (Phi) is 6.91. The van der Waals surface area contributed by atoms with Crippen LogP contribution in [0, 0.1) is 0 Å². The minimum absolute atomic E-state index is 0.0195. The van der Waals surface area contributed by atoms with Crippen LogP contribution in [0.25, 0.3) is 17.1 Å². The van der Waals surface area contributed by atoms with E-state index in [1.54, 1.807) is 18.2 Å². The van der Waals surface area contributed by atoms with Crippen LogP contribution in [-0.2, 0) is 11.3 Å². The largest absolute Gasteiger partial charge is 0.494 e. The monoisotopic (exact) mass is 448 g/mol. The van der Waals surface area contributed by atoms with Gasteiger partial charge in [-0.15, -0.1) is 10.2 Å². The summed E-state index contributed by atoms with van der Waals surface area (Å²) in [6.07, 6.45) is 1.60. The summed E-state index contributed by atoms with van der Waals surface area (Å²) >= 11 is 1.36. The van der Waals surface area contributed by atoms with Crippen molar-refractivity contribution in [1.29, 1.82) is 0 Å². The van der Waals surface area contributed by atoms with E-state index < -0.39 is 0 Å². The predicted molar refractivity (Wildman–Crippen MR) is 124 cm³/mol. The van der Waals surface area contributed by atoms with Gasteiger partial charge in [-0.2, -0.15) is 0 Å². The normalized spacial score (nSPS) is 10.8. The molecule has 164 valence electrons. The lowest BCUT2D eigenvalue weighted by atomic mass is 10.2. The van der Waals surface area contributed by atoms with Gasteiger partial charge in [0.15, 0.2) is 11.0 Å². The first-order valence-corrected chi connectivity index (χ1v) is 11.3. The van der Waals surface area contributed by atoms with Crippen molar-refractivity contribution in [2.45, 2.75) is 18.6 Å². The maximum Gasteiger partial charge on any atom is 0.233 e. The zero-order valence-electron chi connectivity index (χ0n) is 18.0. The number of carbonyl (C=O) groups is 1. The third-order valence-corrected chi connectivity index (χ3v) is 5.71. The molecule has 0 unspecified atom stereocenters. The van der Waals surface area contributed by atoms with E-state index in [2.05, 4.69) is 10.2 Å².